The Morgan fingerprint density at radius 1 is 0.935 bits per heavy atom. The number of aromatic nitrogens is 2. The van der Waals surface area contributed by atoms with Crippen LogP contribution in [0.3, 0.4) is 0 Å². The summed E-state index contributed by atoms with van der Waals surface area (Å²) in [4.78, 5) is 16.7. The van der Waals surface area contributed by atoms with Gasteiger partial charge in [-0.2, -0.15) is 0 Å². The Kier molecular flexibility index (Phi) is 5.36. The number of carbonyl (C=O) groups is 1. The van der Waals surface area contributed by atoms with Gasteiger partial charge in [0.05, 0.1) is 5.69 Å². The molecule has 0 saturated heterocycles. The fraction of sp³-hybridized carbons (Fsp3) is 0.185. The van der Waals surface area contributed by atoms with Crippen LogP contribution in [-0.2, 0) is 19.4 Å². The summed E-state index contributed by atoms with van der Waals surface area (Å²) in [5.74, 6) is -0.0757. The fourth-order valence-corrected chi connectivity index (χ4v) is 4.36. The molecule has 1 aliphatic carbocycles. The van der Waals surface area contributed by atoms with Crippen molar-refractivity contribution in [2.75, 3.05) is 0 Å². The molecule has 0 bridgehead atoms. The van der Waals surface area contributed by atoms with E-state index in [0.717, 1.165) is 24.1 Å². The number of nitrogens with zero attached hydrogens (tertiary/aromatic N) is 2. The van der Waals surface area contributed by atoms with Crippen molar-refractivity contribution < 1.29 is 4.79 Å². The quantitative estimate of drug-likeness (QED) is 0.485. The SMILES string of the molecule is O=C(NCc1cccnc1)c1ccc(-n2c(-c3ccccc3)cc3c2CCCC3)cc1. The second-order valence-electron chi connectivity index (χ2n) is 8.00. The van der Waals surface area contributed by atoms with Crippen molar-refractivity contribution in [3.8, 4) is 16.9 Å². The Hall–Kier alpha value is -3.66. The topological polar surface area (TPSA) is 46.9 Å². The first-order valence-corrected chi connectivity index (χ1v) is 10.9. The number of benzene rings is 2. The van der Waals surface area contributed by atoms with Gasteiger partial charge in [-0.25, -0.2) is 0 Å². The molecule has 2 heterocycles. The maximum absolute atomic E-state index is 12.6. The van der Waals surface area contributed by atoms with E-state index in [4.69, 9.17) is 0 Å². The predicted octanol–water partition coefficient (Wildman–Crippen LogP) is 5.35. The molecule has 2 aromatic heterocycles. The van der Waals surface area contributed by atoms with Crippen LogP contribution in [-0.4, -0.2) is 15.5 Å². The second-order valence-corrected chi connectivity index (χ2v) is 8.00. The van der Waals surface area contributed by atoms with Crippen LogP contribution in [0.15, 0.2) is 85.2 Å². The van der Waals surface area contributed by atoms with Crippen LogP contribution in [0, 0.1) is 0 Å². The second kappa shape index (κ2) is 8.60. The van der Waals surface area contributed by atoms with Crippen molar-refractivity contribution >= 4 is 5.91 Å². The third-order valence-electron chi connectivity index (χ3n) is 5.94. The molecule has 4 aromatic rings. The van der Waals surface area contributed by atoms with Crippen molar-refractivity contribution in [2.24, 2.45) is 0 Å². The summed E-state index contributed by atoms with van der Waals surface area (Å²) in [5, 5.41) is 2.97. The van der Waals surface area contributed by atoms with Crippen LogP contribution >= 0.6 is 0 Å². The van der Waals surface area contributed by atoms with Crippen molar-refractivity contribution in [3.63, 3.8) is 0 Å². The number of rotatable bonds is 5. The summed E-state index contributed by atoms with van der Waals surface area (Å²) in [7, 11) is 0. The maximum Gasteiger partial charge on any atom is 0.251 e. The maximum atomic E-state index is 12.6. The Bertz CT molecular complexity index is 1180. The first-order valence-electron chi connectivity index (χ1n) is 10.9. The van der Waals surface area contributed by atoms with Crippen molar-refractivity contribution in [3.05, 3.63) is 108 Å². The summed E-state index contributed by atoms with van der Waals surface area (Å²) in [6, 6.07) is 24.7. The molecule has 4 nitrogen and oxygen atoms in total. The van der Waals surface area contributed by atoms with Gasteiger partial charge in [0.25, 0.3) is 5.91 Å². The number of amides is 1. The van der Waals surface area contributed by atoms with E-state index in [2.05, 4.69) is 63.4 Å². The number of carbonyl (C=O) groups excluding carboxylic acids is 1. The lowest BCUT2D eigenvalue weighted by atomic mass is 9.98. The highest BCUT2D eigenvalue weighted by Crippen LogP contribution is 2.33. The van der Waals surface area contributed by atoms with Gasteiger partial charge >= 0.3 is 0 Å². The zero-order chi connectivity index (χ0) is 21.0. The highest BCUT2D eigenvalue weighted by atomic mass is 16.1. The summed E-state index contributed by atoms with van der Waals surface area (Å²) in [6.45, 7) is 0.470. The molecule has 0 saturated carbocycles. The highest BCUT2D eigenvalue weighted by Gasteiger charge is 2.20. The molecule has 1 amide bonds. The standard InChI is InChI=1S/C27H25N3O/c31-27(29-19-20-7-6-16-28-18-20)22-12-14-24(15-13-22)30-25-11-5-4-10-23(25)17-26(30)21-8-2-1-3-9-21/h1-3,6-9,12-18H,4-5,10-11,19H2,(H,29,31). The number of aryl methyl sites for hydroxylation is 1. The Labute approximate surface area is 182 Å². The first kappa shape index (κ1) is 19.3. The Morgan fingerprint density at radius 2 is 1.74 bits per heavy atom. The molecule has 1 N–H and O–H groups in total. The third-order valence-corrected chi connectivity index (χ3v) is 5.94. The number of hydrogen-bond acceptors (Lipinski definition) is 2. The molecule has 1 aliphatic rings. The van der Waals surface area contributed by atoms with Crippen molar-refractivity contribution in [1.82, 2.24) is 14.9 Å². The van der Waals surface area contributed by atoms with E-state index in [1.807, 2.05) is 24.3 Å². The van der Waals surface area contributed by atoms with Gasteiger partial charge in [-0.3, -0.25) is 9.78 Å². The fourth-order valence-electron chi connectivity index (χ4n) is 4.36. The molecule has 4 heteroatoms. The lowest BCUT2D eigenvalue weighted by molar-refractivity contribution is 0.0951. The Morgan fingerprint density at radius 3 is 2.52 bits per heavy atom. The minimum atomic E-state index is -0.0757. The van der Waals surface area contributed by atoms with E-state index in [9.17, 15) is 4.79 Å². The zero-order valence-corrected chi connectivity index (χ0v) is 17.4. The van der Waals surface area contributed by atoms with E-state index in [-0.39, 0.29) is 5.91 Å². The average Bonchev–Trinajstić information content (AvgIpc) is 3.23. The molecule has 31 heavy (non-hydrogen) atoms. The van der Waals surface area contributed by atoms with Gasteiger partial charge in [0.1, 0.15) is 0 Å². The highest BCUT2D eigenvalue weighted by molar-refractivity contribution is 5.94. The summed E-state index contributed by atoms with van der Waals surface area (Å²) in [5.41, 5.74) is 8.04. The molecule has 5 rings (SSSR count). The van der Waals surface area contributed by atoms with Gasteiger partial charge in [-0.05, 0) is 78.8 Å². The minimum absolute atomic E-state index is 0.0757. The minimum Gasteiger partial charge on any atom is -0.348 e. The molecule has 154 valence electrons. The summed E-state index contributed by atoms with van der Waals surface area (Å²) >= 11 is 0. The van der Waals surface area contributed by atoms with E-state index >= 15 is 0 Å². The number of hydrogen-bond donors (Lipinski definition) is 1. The Balaban J connectivity index is 1.43. The van der Waals surface area contributed by atoms with Crippen LogP contribution < -0.4 is 5.32 Å². The molecule has 2 aromatic carbocycles. The van der Waals surface area contributed by atoms with Crippen molar-refractivity contribution in [2.45, 2.75) is 32.2 Å². The van der Waals surface area contributed by atoms with Gasteiger partial charge in [0, 0.05) is 35.9 Å². The van der Waals surface area contributed by atoms with Crippen LogP contribution in [0.1, 0.15) is 40.0 Å². The third kappa shape index (κ3) is 4.02. The largest absolute Gasteiger partial charge is 0.348 e. The molecular formula is C27H25N3O. The molecule has 0 spiro atoms. The predicted molar refractivity (Wildman–Crippen MR) is 123 cm³/mol. The van der Waals surface area contributed by atoms with E-state index < -0.39 is 0 Å². The molecular weight excluding hydrogens is 382 g/mol. The van der Waals surface area contributed by atoms with E-state index in [1.165, 1.54) is 35.4 Å². The lowest BCUT2D eigenvalue weighted by Gasteiger charge is -2.18. The monoisotopic (exact) mass is 407 g/mol. The summed E-state index contributed by atoms with van der Waals surface area (Å²) in [6.07, 6.45) is 8.20. The molecule has 0 radical (unpaired) electrons. The van der Waals surface area contributed by atoms with Crippen LogP contribution in [0.5, 0.6) is 0 Å². The van der Waals surface area contributed by atoms with Crippen LogP contribution in [0.25, 0.3) is 16.9 Å². The van der Waals surface area contributed by atoms with Gasteiger partial charge in [0.15, 0.2) is 0 Å². The normalized spacial score (nSPS) is 12.9. The van der Waals surface area contributed by atoms with Gasteiger partial charge in [-0.15, -0.1) is 0 Å². The molecule has 0 unspecified atom stereocenters. The zero-order valence-electron chi connectivity index (χ0n) is 17.4. The number of pyridine rings is 1. The average molecular weight is 408 g/mol. The molecule has 0 aliphatic heterocycles. The number of nitrogens with one attached hydrogen (secondary N) is 1. The van der Waals surface area contributed by atoms with E-state index in [0.29, 0.717) is 12.1 Å². The summed E-state index contributed by atoms with van der Waals surface area (Å²) < 4.78 is 2.38. The molecule has 0 fully saturated rings. The molecule has 0 atom stereocenters. The smallest absolute Gasteiger partial charge is 0.251 e. The van der Waals surface area contributed by atoms with E-state index in [1.54, 1.807) is 12.4 Å². The first-order chi connectivity index (χ1) is 15.3. The van der Waals surface area contributed by atoms with Crippen LogP contribution in [0.4, 0.5) is 0 Å². The lowest BCUT2D eigenvalue weighted by Crippen LogP contribution is -2.22. The van der Waals surface area contributed by atoms with Gasteiger partial charge in [0.2, 0.25) is 0 Å². The van der Waals surface area contributed by atoms with Crippen molar-refractivity contribution in [1.29, 1.82) is 0 Å². The van der Waals surface area contributed by atoms with Crippen LogP contribution in [0.2, 0.25) is 0 Å². The number of fused-ring (bicyclic) bond motifs is 1. The van der Waals surface area contributed by atoms with Gasteiger partial charge < -0.3 is 9.88 Å². The van der Waals surface area contributed by atoms with Gasteiger partial charge in [-0.1, -0.05) is 36.4 Å².